The maximum absolute atomic E-state index is 11.2. The Bertz CT molecular complexity index is 351. The topological polar surface area (TPSA) is 87.7 Å². The van der Waals surface area contributed by atoms with Gasteiger partial charge in [0.2, 0.25) is 0 Å². The molecule has 1 heterocycles. The van der Waals surface area contributed by atoms with Crippen molar-refractivity contribution >= 4 is 5.91 Å². The number of hydrazine groups is 2. The zero-order valence-corrected chi connectivity index (χ0v) is 7.10. The summed E-state index contributed by atoms with van der Waals surface area (Å²) < 4.78 is 0. The van der Waals surface area contributed by atoms with Crippen LogP contribution in [0.3, 0.4) is 0 Å². The lowest BCUT2D eigenvalue weighted by molar-refractivity contribution is -0.121. The molecule has 0 bridgehead atoms. The molecule has 0 saturated carbocycles. The van der Waals surface area contributed by atoms with Crippen LogP contribution in [0.15, 0.2) is 24.3 Å². The van der Waals surface area contributed by atoms with E-state index in [9.17, 15) is 10.0 Å². The van der Waals surface area contributed by atoms with Gasteiger partial charge < -0.3 is 10.3 Å². The van der Waals surface area contributed by atoms with Crippen molar-refractivity contribution in [2.45, 2.75) is 6.04 Å². The van der Waals surface area contributed by atoms with Gasteiger partial charge in [0, 0.05) is 0 Å². The highest BCUT2D eigenvalue weighted by molar-refractivity contribution is 5.84. The van der Waals surface area contributed by atoms with Crippen LogP contribution in [0.4, 0.5) is 0 Å². The molecule has 1 fully saturated rings. The molecular formula is C8H8N3O3-. The number of aromatic hydroxyl groups is 1. The van der Waals surface area contributed by atoms with Crippen molar-refractivity contribution in [2.75, 3.05) is 0 Å². The summed E-state index contributed by atoms with van der Waals surface area (Å²) in [6, 6.07) is 5.01. The average Bonchev–Trinajstić information content (AvgIpc) is 2.49. The molecule has 1 aromatic rings. The summed E-state index contributed by atoms with van der Waals surface area (Å²) in [5, 5.41) is 20.6. The fourth-order valence-corrected chi connectivity index (χ4v) is 1.29. The Kier molecular flexibility index (Phi) is 2.08. The number of hydroxylamine groups is 1. The van der Waals surface area contributed by atoms with Gasteiger partial charge in [0.15, 0.2) is 0 Å². The molecule has 74 valence electrons. The van der Waals surface area contributed by atoms with Gasteiger partial charge in [-0.2, -0.15) is 5.53 Å². The minimum absolute atomic E-state index is 0.0950. The first-order chi connectivity index (χ1) is 6.68. The van der Waals surface area contributed by atoms with Crippen molar-refractivity contribution in [1.82, 2.24) is 16.1 Å². The molecule has 1 amide bonds. The monoisotopic (exact) mass is 194 g/mol. The number of nitrogens with zero attached hydrogens (tertiary/aromatic N) is 1. The normalized spacial score (nSPS) is 22.4. The molecular weight excluding hydrogens is 186 g/mol. The minimum Gasteiger partial charge on any atom is -0.769 e. The van der Waals surface area contributed by atoms with Crippen molar-refractivity contribution in [3.63, 3.8) is 0 Å². The van der Waals surface area contributed by atoms with Crippen LogP contribution >= 0.6 is 0 Å². The second kappa shape index (κ2) is 3.26. The molecule has 6 heteroatoms. The molecule has 6 nitrogen and oxygen atoms in total. The number of phenolic OH excluding ortho intramolecular Hbond substituents is 1. The van der Waals surface area contributed by atoms with Gasteiger partial charge in [-0.3, -0.25) is 15.4 Å². The third kappa shape index (κ3) is 1.41. The number of phenols is 1. The molecule has 1 aliphatic rings. The SMILES string of the molecule is O=C1NNN([O-])C1c1ccc(O)cc1. The van der Waals surface area contributed by atoms with Crippen LogP contribution in [-0.4, -0.2) is 16.2 Å². The summed E-state index contributed by atoms with van der Waals surface area (Å²) in [7, 11) is 0. The maximum Gasteiger partial charge on any atom is 0.257 e. The van der Waals surface area contributed by atoms with Gasteiger partial charge in [-0.1, -0.05) is 12.1 Å². The van der Waals surface area contributed by atoms with Crippen molar-refractivity contribution in [1.29, 1.82) is 0 Å². The Hall–Kier alpha value is -1.63. The second-order valence-corrected chi connectivity index (χ2v) is 2.92. The van der Waals surface area contributed by atoms with E-state index in [2.05, 4.69) is 11.0 Å². The fourth-order valence-electron chi connectivity index (χ4n) is 1.29. The molecule has 14 heavy (non-hydrogen) atoms. The third-order valence-corrected chi connectivity index (χ3v) is 1.98. The molecule has 0 aromatic heterocycles. The van der Waals surface area contributed by atoms with E-state index in [0.717, 1.165) is 0 Å². The van der Waals surface area contributed by atoms with E-state index in [1.54, 1.807) is 0 Å². The first-order valence-corrected chi connectivity index (χ1v) is 3.99. The lowest BCUT2D eigenvalue weighted by Crippen LogP contribution is -2.32. The predicted molar refractivity (Wildman–Crippen MR) is 47.3 cm³/mol. The summed E-state index contributed by atoms with van der Waals surface area (Å²) in [5.74, 6) is -0.316. The van der Waals surface area contributed by atoms with Gasteiger partial charge >= 0.3 is 0 Å². The Morgan fingerprint density at radius 2 is 2.00 bits per heavy atom. The Labute approximate surface area is 79.7 Å². The summed E-state index contributed by atoms with van der Waals surface area (Å²) in [4.78, 5) is 11.2. The van der Waals surface area contributed by atoms with Crippen LogP contribution in [0.1, 0.15) is 11.6 Å². The van der Waals surface area contributed by atoms with E-state index in [-0.39, 0.29) is 5.75 Å². The molecule has 1 aliphatic heterocycles. The first-order valence-electron chi connectivity index (χ1n) is 3.99. The number of hydrogen-bond donors (Lipinski definition) is 3. The molecule has 1 saturated heterocycles. The highest BCUT2D eigenvalue weighted by Gasteiger charge is 2.27. The summed E-state index contributed by atoms with van der Waals surface area (Å²) >= 11 is 0. The lowest BCUT2D eigenvalue weighted by Gasteiger charge is -2.25. The van der Waals surface area contributed by atoms with Crippen molar-refractivity contribution in [3.8, 4) is 5.75 Å². The summed E-state index contributed by atoms with van der Waals surface area (Å²) in [6.07, 6.45) is 0. The van der Waals surface area contributed by atoms with Crippen LogP contribution in [-0.2, 0) is 4.79 Å². The van der Waals surface area contributed by atoms with E-state index in [0.29, 0.717) is 10.7 Å². The summed E-state index contributed by atoms with van der Waals surface area (Å²) in [6.45, 7) is 0. The van der Waals surface area contributed by atoms with Gasteiger partial charge in [0.1, 0.15) is 11.8 Å². The van der Waals surface area contributed by atoms with Crippen LogP contribution in [0.25, 0.3) is 0 Å². The van der Waals surface area contributed by atoms with Crippen LogP contribution in [0.2, 0.25) is 0 Å². The lowest BCUT2D eigenvalue weighted by atomic mass is 10.1. The molecule has 2 rings (SSSR count). The first kappa shape index (κ1) is 8.95. The van der Waals surface area contributed by atoms with Crippen LogP contribution < -0.4 is 11.0 Å². The Morgan fingerprint density at radius 3 is 2.50 bits per heavy atom. The molecule has 1 aromatic carbocycles. The van der Waals surface area contributed by atoms with Gasteiger partial charge in [0.25, 0.3) is 5.91 Å². The zero-order valence-electron chi connectivity index (χ0n) is 7.10. The average molecular weight is 194 g/mol. The number of amides is 1. The summed E-state index contributed by atoms with van der Waals surface area (Å²) in [5.41, 5.74) is 4.87. The highest BCUT2D eigenvalue weighted by Crippen LogP contribution is 2.22. The maximum atomic E-state index is 11.2. The van der Waals surface area contributed by atoms with Crippen molar-refractivity contribution < 1.29 is 9.90 Å². The van der Waals surface area contributed by atoms with Gasteiger partial charge in [-0.05, 0) is 17.7 Å². The molecule has 0 aliphatic carbocycles. The minimum atomic E-state index is -0.893. The second-order valence-electron chi connectivity index (χ2n) is 2.92. The van der Waals surface area contributed by atoms with E-state index >= 15 is 0 Å². The van der Waals surface area contributed by atoms with Gasteiger partial charge in [0.05, 0.1) is 0 Å². The molecule has 1 unspecified atom stereocenters. The predicted octanol–water partition coefficient (Wildman–Crippen LogP) is -0.218. The van der Waals surface area contributed by atoms with Crippen molar-refractivity contribution in [3.05, 3.63) is 35.0 Å². The van der Waals surface area contributed by atoms with Gasteiger partial charge in [-0.15, -0.1) is 0 Å². The number of carbonyl (C=O) groups excluding carboxylic acids is 1. The fraction of sp³-hybridized carbons (Fsp3) is 0.125. The number of carbonyl (C=O) groups is 1. The highest BCUT2D eigenvalue weighted by atomic mass is 16.6. The molecule has 0 spiro atoms. The number of benzene rings is 1. The molecule has 1 atom stereocenters. The quantitative estimate of drug-likeness (QED) is 0.575. The smallest absolute Gasteiger partial charge is 0.257 e. The van der Waals surface area contributed by atoms with Crippen LogP contribution in [0, 0.1) is 5.21 Å². The Morgan fingerprint density at radius 1 is 1.36 bits per heavy atom. The third-order valence-electron chi connectivity index (χ3n) is 1.98. The standard InChI is InChI=1S/C8H8N3O3/c12-6-3-1-5(2-4-6)7-8(13)9-10-11(7)14/h1-4,7,10,12H,(H,9,13)/q-1. The number of rotatable bonds is 1. The Balaban J connectivity index is 2.30. The largest absolute Gasteiger partial charge is 0.769 e. The molecule has 3 N–H and O–H groups in total. The van der Waals surface area contributed by atoms with Crippen LogP contribution in [0.5, 0.6) is 5.75 Å². The van der Waals surface area contributed by atoms with E-state index < -0.39 is 11.9 Å². The molecule has 0 radical (unpaired) electrons. The van der Waals surface area contributed by atoms with E-state index in [1.807, 2.05) is 0 Å². The number of hydrogen-bond acceptors (Lipinski definition) is 5. The van der Waals surface area contributed by atoms with E-state index in [1.165, 1.54) is 24.3 Å². The number of nitrogens with one attached hydrogen (secondary N) is 2. The van der Waals surface area contributed by atoms with Crippen molar-refractivity contribution in [2.24, 2.45) is 0 Å². The zero-order chi connectivity index (χ0) is 10.1. The van der Waals surface area contributed by atoms with E-state index in [4.69, 9.17) is 5.11 Å². The van der Waals surface area contributed by atoms with Gasteiger partial charge in [-0.25, -0.2) is 0 Å².